The van der Waals surface area contributed by atoms with Crippen LogP contribution in [0.25, 0.3) is 0 Å². The van der Waals surface area contributed by atoms with E-state index in [0.29, 0.717) is 24.3 Å². The monoisotopic (exact) mass is 352 g/mol. The van der Waals surface area contributed by atoms with Crippen LogP contribution in [0.15, 0.2) is 48.5 Å². The first-order valence-electron chi connectivity index (χ1n) is 9.08. The first-order valence-corrected chi connectivity index (χ1v) is 9.08. The minimum Gasteiger partial charge on any atom is -0.489 e. The normalized spacial score (nSPS) is 21.7. The lowest BCUT2D eigenvalue weighted by Crippen LogP contribution is -2.43. The first-order chi connectivity index (χ1) is 12.7. The molecule has 2 aliphatic rings. The summed E-state index contributed by atoms with van der Waals surface area (Å²) in [4.78, 5) is 14.1. The van der Waals surface area contributed by atoms with Crippen molar-refractivity contribution in [1.29, 1.82) is 0 Å². The van der Waals surface area contributed by atoms with Crippen LogP contribution in [0, 0.1) is 0 Å². The molecule has 5 heteroatoms. The zero-order chi connectivity index (χ0) is 17.9. The molecule has 0 saturated carbocycles. The highest BCUT2D eigenvalue weighted by Gasteiger charge is 2.37. The van der Waals surface area contributed by atoms with Crippen LogP contribution in [0.2, 0.25) is 0 Å². The molecular formula is C21H24N2O3. The molecule has 26 heavy (non-hydrogen) atoms. The Morgan fingerprint density at radius 1 is 1.19 bits per heavy atom. The summed E-state index contributed by atoms with van der Waals surface area (Å²) in [6.45, 7) is 3.63. The molecule has 0 spiro atoms. The summed E-state index contributed by atoms with van der Waals surface area (Å²) >= 11 is 0. The van der Waals surface area contributed by atoms with Gasteiger partial charge in [0.1, 0.15) is 12.4 Å². The van der Waals surface area contributed by atoms with Gasteiger partial charge in [0.15, 0.2) is 0 Å². The number of piperazine rings is 1. The molecule has 2 aromatic carbocycles. The van der Waals surface area contributed by atoms with E-state index in [4.69, 9.17) is 9.47 Å². The summed E-state index contributed by atoms with van der Waals surface area (Å²) < 4.78 is 10.8. The van der Waals surface area contributed by atoms with E-state index in [2.05, 4.69) is 22.3 Å². The summed E-state index contributed by atoms with van der Waals surface area (Å²) in [5.74, 6) is 0.609. The second-order valence-corrected chi connectivity index (χ2v) is 7.01. The number of nitrogens with zero attached hydrogens (tertiary/aromatic N) is 1. The van der Waals surface area contributed by atoms with Crippen molar-refractivity contribution >= 4 is 5.97 Å². The predicted molar refractivity (Wildman–Crippen MR) is 99.2 cm³/mol. The van der Waals surface area contributed by atoms with Crippen LogP contribution < -0.4 is 10.1 Å². The number of fused-ring (bicyclic) bond motifs is 2. The Labute approximate surface area is 153 Å². The van der Waals surface area contributed by atoms with Gasteiger partial charge >= 0.3 is 5.97 Å². The van der Waals surface area contributed by atoms with Crippen LogP contribution in [0.5, 0.6) is 5.75 Å². The fraction of sp³-hybridized carbons (Fsp3) is 0.381. The van der Waals surface area contributed by atoms with E-state index < -0.39 is 0 Å². The summed E-state index contributed by atoms with van der Waals surface area (Å²) in [5.41, 5.74) is 2.80. The molecule has 2 aromatic rings. The van der Waals surface area contributed by atoms with Crippen molar-refractivity contribution in [2.45, 2.75) is 31.7 Å². The van der Waals surface area contributed by atoms with Gasteiger partial charge < -0.3 is 14.8 Å². The maximum Gasteiger partial charge on any atom is 0.337 e. The van der Waals surface area contributed by atoms with Gasteiger partial charge in [0, 0.05) is 37.3 Å². The number of hydrogen-bond donors (Lipinski definition) is 1. The molecule has 1 N–H and O–H groups in total. The third-order valence-electron chi connectivity index (χ3n) is 5.29. The van der Waals surface area contributed by atoms with Gasteiger partial charge in [0.2, 0.25) is 0 Å². The number of nitrogens with one attached hydrogen (secondary N) is 1. The van der Waals surface area contributed by atoms with E-state index >= 15 is 0 Å². The molecule has 2 fully saturated rings. The number of benzene rings is 2. The van der Waals surface area contributed by atoms with Gasteiger partial charge in [-0.1, -0.05) is 30.3 Å². The third-order valence-corrected chi connectivity index (χ3v) is 5.29. The van der Waals surface area contributed by atoms with Gasteiger partial charge in [-0.25, -0.2) is 4.79 Å². The van der Waals surface area contributed by atoms with Crippen molar-refractivity contribution in [2.24, 2.45) is 0 Å². The van der Waals surface area contributed by atoms with Crippen molar-refractivity contribution in [3.63, 3.8) is 0 Å². The van der Waals surface area contributed by atoms with Crippen LogP contribution >= 0.6 is 0 Å². The molecule has 2 heterocycles. The lowest BCUT2D eigenvalue weighted by molar-refractivity contribution is 0.0600. The number of ether oxygens (including phenoxy) is 2. The van der Waals surface area contributed by atoms with Gasteiger partial charge in [0.05, 0.1) is 12.7 Å². The summed E-state index contributed by atoms with van der Waals surface area (Å²) in [6, 6.07) is 16.9. The van der Waals surface area contributed by atoms with Crippen LogP contribution in [0.1, 0.15) is 27.9 Å². The number of esters is 1. The number of carbonyl (C=O) groups excluding carboxylic acids is 1. The minimum atomic E-state index is -0.322. The number of carbonyl (C=O) groups is 1. The third kappa shape index (κ3) is 3.59. The van der Waals surface area contributed by atoms with E-state index in [9.17, 15) is 4.79 Å². The Balaban J connectivity index is 1.40. The largest absolute Gasteiger partial charge is 0.489 e. The number of para-hydroxylation sites is 1. The second-order valence-electron chi connectivity index (χ2n) is 7.01. The minimum absolute atomic E-state index is 0.322. The Morgan fingerprint density at radius 2 is 2.00 bits per heavy atom. The topological polar surface area (TPSA) is 50.8 Å². The first kappa shape index (κ1) is 17.1. The SMILES string of the molecule is COC(=O)c1ccc(COc2ccccc2CN2CC3CC2CN3)cc1. The fourth-order valence-corrected chi connectivity index (χ4v) is 3.85. The molecule has 2 atom stereocenters. The van der Waals surface area contributed by atoms with Crippen LogP contribution in [-0.2, 0) is 17.9 Å². The zero-order valence-corrected chi connectivity index (χ0v) is 15.0. The van der Waals surface area contributed by atoms with Crippen molar-refractivity contribution in [2.75, 3.05) is 20.2 Å². The lowest BCUT2D eigenvalue weighted by atomic mass is 10.1. The van der Waals surface area contributed by atoms with Crippen molar-refractivity contribution < 1.29 is 14.3 Å². The molecular weight excluding hydrogens is 328 g/mol. The van der Waals surface area contributed by atoms with E-state index in [1.165, 1.54) is 19.1 Å². The Hall–Kier alpha value is -2.37. The van der Waals surface area contributed by atoms with Crippen molar-refractivity contribution in [3.8, 4) is 5.75 Å². The lowest BCUT2D eigenvalue weighted by Gasteiger charge is -2.27. The summed E-state index contributed by atoms with van der Waals surface area (Å²) in [7, 11) is 1.39. The van der Waals surface area contributed by atoms with E-state index in [1.807, 2.05) is 24.3 Å². The van der Waals surface area contributed by atoms with E-state index in [-0.39, 0.29) is 5.97 Å². The quantitative estimate of drug-likeness (QED) is 0.810. The highest BCUT2D eigenvalue weighted by atomic mass is 16.5. The highest BCUT2D eigenvalue weighted by Crippen LogP contribution is 2.28. The molecule has 4 rings (SSSR count). The zero-order valence-electron chi connectivity index (χ0n) is 15.0. The maximum atomic E-state index is 11.5. The van der Waals surface area contributed by atoms with Crippen LogP contribution in [0.4, 0.5) is 0 Å². The van der Waals surface area contributed by atoms with Crippen molar-refractivity contribution in [1.82, 2.24) is 10.2 Å². The molecule has 2 bridgehead atoms. The van der Waals surface area contributed by atoms with Gasteiger partial charge in [-0.15, -0.1) is 0 Å². The Bertz CT molecular complexity index is 775. The van der Waals surface area contributed by atoms with E-state index in [0.717, 1.165) is 30.9 Å². The van der Waals surface area contributed by atoms with E-state index in [1.54, 1.807) is 12.1 Å². The Morgan fingerprint density at radius 3 is 2.69 bits per heavy atom. The molecule has 0 radical (unpaired) electrons. The molecule has 2 unspecified atom stereocenters. The average molecular weight is 352 g/mol. The maximum absolute atomic E-state index is 11.5. The predicted octanol–water partition coefficient (Wildman–Crippen LogP) is 2.60. The number of rotatable bonds is 6. The molecule has 2 saturated heterocycles. The van der Waals surface area contributed by atoms with Gasteiger partial charge in [0.25, 0.3) is 0 Å². The fourth-order valence-electron chi connectivity index (χ4n) is 3.85. The van der Waals surface area contributed by atoms with Crippen LogP contribution in [-0.4, -0.2) is 43.2 Å². The van der Waals surface area contributed by atoms with Gasteiger partial charge in [-0.3, -0.25) is 4.90 Å². The number of methoxy groups -OCH3 is 1. The van der Waals surface area contributed by atoms with Gasteiger partial charge in [-0.2, -0.15) is 0 Å². The number of hydrogen-bond acceptors (Lipinski definition) is 5. The molecule has 5 nitrogen and oxygen atoms in total. The average Bonchev–Trinajstić information content (AvgIpc) is 3.30. The molecule has 136 valence electrons. The summed E-state index contributed by atoms with van der Waals surface area (Å²) in [5, 5.41) is 3.54. The second kappa shape index (κ2) is 7.48. The molecule has 0 aliphatic carbocycles. The van der Waals surface area contributed by atoms with Crippen LogP contribution in [0.3, 0.4) is 0 Å². The smallest absolute Gasteiger partial charge is 0.337 e. The van der Waals surface area contributed by atoms with Crippen molar-refractivity contribution in [3.05, 3.63) is 65.2 Å². The number of likely N-dealkylation sites (tertiary alicyclic amines) is 1. The van der Waals surface area contributed by atoms with Gasteiger partial charge in [-0.05, 0) is 30.2 Å². The standard InChI is InChI=1S/C21H24N2O3/c1-25-21(24)16-8-6-15(7-9-16)14-26-20-5-3-2-4-17(20)12-23-13-18-10-19(23)11-22-18/h2-9,18-19,22H,10-14H2,1H3. The Kier molecular flexibility index (Phi) is 4.91. The molecule has 2 aliphatic heterocycles. The molecule has 0 amide bonds. The molecule has 0 aromatic heterocycles. The highest BCUT2D eigenvalue weighted by molar-refractivity contribution is 5.89. The summed E-state index contributed by atoms with van der Waals surface area (Å²) in [6.07, 6.45) is 1.26.